The largest absolute Gasteiger partial charge is 0.468 e. The molecule has 0 saturated heterocycles. The number of nitrogens with one attached hydrogen (secondary N) is 2. The topological polar surface area (TPSA) is 76.7 Å². The molecular formula is C15H30N2O4. The van der Waals surface area contributed by atoms with E-state index in [-0.39, 0.29) is 35.9 Å². The first-order valence-corrected chi connectivity index (χ1v) is 7.47. The SMILES string of the molecule is COC(=O)[C@@H](NCCCN[C@H](C(=O)OC)C(C)C)C(C)C. The molecule has 0 spiro atoms. The minimum Gasteiger partial charge on any atom is -0.468 e. The van der Waals surface area contributed by atoms with Crippen LogP contribution in [0.1, 0.15) is 34.1 Å². The van der Waals surface area contributed by atoms with Crippen molar-refractivity contribution in [3.8, 4) is 0 Å². The number of rotatable bonds is 10. The summed E-state index contributed by atoms with van der Waals surface area (Å²) in [4.78, 5) is 23.2. The lowest BCUT2D eigenvalue weighted by molar-refractivity contribution is -0.145. The number of ether oxygens (including phenoxy) is 2. The van der Waals surface area contributed by atoms with Gasteiger partial charge in [-0.2, -0.15) is 0 Å². The fourth-order valence-electron chi connectivity index (χ4n) is 2.04. The van der Waals surface area contributed by atoms with Crippen LogP contribution in [0.25, 0.3) is 0 Å². The van der Waals surface area contributed by atoms with E-state index in [9.17, 15) is 9.59 Å². The molecule has 0 aromatic rings. The molecule has 0 amide bonds. The standard InChI is InChI=1S/C15H30N2O4/c1-10(2)12(14(18)20-5)16-8-7-9-17-13(11(3)4)15(19)21-6/h10-13,16-17H,7-9H2,1-6H3/t12-,13-/m0/s1. The van der Waals surface area contributed by atoms with Gasteiger partial charge in [-0.05, 0) is 31.3 Å². The molecule has 0 aliphatic rings. The Hall–Kier alpha value is -1.14. The Morgan fingerprint density at radius 3 is 1.38 bits per heavy atom. The second kappa shape index (κ2) is 10.6. The van der Waals surface area contributed by atoms with Crippen molar-refractivity contribution in [2.75, 3.05) is 27.3 Å². The molecule has 124 valence electrons. The highest BCUT2D eigenvalue weighted by Crippen LogP contribution is 2.05. The smallest absolute Gasteiger partial charge is 0.323 e. The average Bonchev–Trinajstić information content (AvgIpc) is 2.44. The molecule has 0 heterocycles. The van der Waals surface area contributed by atoms with Crippen molar-refractivity contribution in [2.45, 2.75) is 46.2 Å². The molecule has 0 aromatic heterocycles. The molecule has 0 unspecified atom stereocenters. The van der Waals surface area contributed by atoms with E-state index in [1.165, 1.54) is 14.2 Å². The van der Waals surface area contributed by atoms with Crippen LogP contribution < -0.4 is 10.6 Å². The van der Waals surface area contributed by atoms with Gasteiger partial charge in [-0.25, -0.2) is 0 Å². The molecule has 0 aliphatic heterocycles. The fourth-order valence-corrected chi connectivity index (χ4v) is 2.04. The minimum absolute atomic E-state index is 0.170. The lowest BCUT2D eigenvalue weighted by Gasteiger charge is -2.21. The third-order valence-corrected chi connectivity index (χ3v) is 3.33. The van der Waals surface area contributed by atoms with Crippen LogP contribution >= 0.6 is 0 Å². The molecule has 0 radical (unpaired) electrons. The summed E-state index contributed by atoms with van der Waals surface area (Å²) in [6.45, 7) is 9.24. The van der Waals surface area contributed by atoms with Gasteiger partial charge in [0.15, 0.2) is 0 Å². The van der Waals surface area contributed by atoms with Crippen LogP contribution in [-0.2, 0) is 19.1 Å². The Bertz CT molecular complexity index is 289. The molecule has 6 nitrogen and oxygen atoms in total. The van der Waals surface area contributed by atoms with Crippen molar-refractivity contribution in [1.82, 2.24) is 10.6 Å². The summed E-state index contributed by atoms with van der Waals surface area (Å²) < 4.78 is 9.54. The van der Waals surface area contributed by atoms with E-state index < -0.39 is 0 Å². The van der Waals surface area contributed by atoms with Crippen LogP contribution in [0.4, 0.5) is 0 Å². The van der Waals surface area contributed by atoms with Crippen LogP contribution in [0.15, 0.2) is 0 Å². The fraction of sp³-hybridized carbons (Fsp3) is 0.867. The highest BCUT2D eigenvalue weighted by Gasteiger charge is 2.23. The van der Waals surface area contributed by atoms with Crippen molar-refractivity contribution in [3.63, 3.8) is 0 Å². The van der Waals surface area contributed by atoms with E-state index >= 15 is 0 Å². The zero-order valence-corrected chi connectivity index (χ0v) is 14.1. The van der Waals surface area contributed by atoms with Gasteiger partial charge < -0.3 is 20.1 Å². The van der Waals surface area contributed by atoms with Crippen LogP contribution in [-0.4, -0.2) is 51.3 Å². The van der Waals surface area contributed by atoms with Crippen LogP contribution in [0.2, 0.25) is 0 Å². The van der Waals surface area contributed by atoms with Gasteiger partial charge in [0.25, 0.3) is 0 Å². The molecule has 0 aromatic carbocycles. The number of carbonyl (C=O) groups is 2. The van der Waals surface area contributed by atoms with E-state index in [1.54, 1.807) is 0 Å². The van der Waals surface area contributed by atoms with Crippen LogP contribution in [0.5, 0.6) is 0 Å². The maximum Gasteiger partial charge on any atom is 0.323 e. The summed E-state index contributed by atoms with van der Waals surface area (Å²) in [7, 11) is 2.79. The second-order valence-corrected chi connectivity index (χ2v) is 5.75. The zero-order chi connectivity index (χ0) is 16.4. The van der Waals surface area contributed by atoms with Gasteiger partial charge in [0.2, 0.25) is 0 Å². The van der Waals surface area contributed by atoms with Crippen LogP contribution in [0.3, 0.4) is 0 Å². The van der Waals surface area contributed by atoms with Gasteiger partial charge >= 0.3 is 11.9 Å². The molecule has 0 bridgehead atoms. The summed E-state index contributed by atoms with van der Waals surface area (Å²) in [5, 5.41) is 6.37. The second-order valence-electron chi connectivity index (χ2n) is 5.75. The maximum atomic E-state index is 11.6. The molecule has 0 fully saturated rings. The summed E-state index contributed by atoms with van der Waals surface area (Å²) in [5.74, 6) is -0.145. The van der Waals surface area contributed by atoms with Gasteiger partial charge in [0.1, 0.15) is 12.1 Å². The highest BCUT2D eigenvalue weighted by atomic mass is 16.5. The van der Waals surface area contributed by atoms with Gasteiger partial charge in [0, 0.05) is 0 Å². The van der Waals surface area contributed by atoms with Crippen LogP contribution in [0, 0.1) is 11.8 Å². The van der Waals surface area contributed by atoms with Crippen molar-refractivity contribution in [3.05, 3.63) is 0 Å². The summed E-state index contributed by atoms with van der Waals surface area (Å²) in [6, 6.07) is -0.590. The predicted molar refractivity (Wildman–Crippen MR) is 81.9 cm³/mol. The number of methoxy groups -OCH3 is 2. The first-order valence-electron chi connectivity index (χ1n) is 7.47. The Labute approximate surface area is 127 Å². The van der Waals surface area contributed by atoms with Crippen molar-refractivity contribution in [2.24, 2.45) is 11.8 Å². The quantitative estimate of drug-likeness (QED) is 0.462. The Kier molecular flexibility index (Phi) is 9.99. The summed E-state index contributed by atoms with van der Waals surface area (Å²) >= 11 is 0. The van der Waals surface area contributed by atoms with E-state index in [2.05, 4.69) is 10.6 Å². The predicted octanol–water partition coefficient (Wildman–Crippen LogP) is 0.951. The Morgan fingerprint density at radius 1 is 0.810 bits per heavy atom. The van der Waals surface area contributed by atoms with Crippen molar-refractivity contribution < 1.29 is 19.1 Å². The lowest BCUT2D eigenvalue weighted by atomic mass is 10.0. The Balaban J connectivity index is 4.08. The van der Waals surface area contributed by atoms with Gasteiger partial charge in [-0.1, -0.05) is 27.7 Å². The first kappa shape index (κ1) is 19.9. The molecule has 2 N–H and O–H groups in total. The van der Waals surface area contributed by atoms with Gasteiger partial charge in [-0.3, -0.25) is 9.59 Å². The number of hydrogen-bond donors (Lipinski definition) is 2. The molecule has 0 aliphatic carbocycles. The van der Waals surface area contributed by atoms with Gasteiger partial charge in [0.05, 0.1) is 14.2 Å². The first-order chi connectivity index (χ1) is 9.84. The van der Waals surface area contributed by atoms with Crippen molar-refractivity contribution >= 4 is 11.9 Å². The summed E-state index contributed by atoms with van der Waals surface area (Å²) in [6.07, 6.45) is 0.806. The third-order valence-electron chi connectivity index (χ3n) is 3.33. The molecule has 21 heavy (non-hydrogen) atoms. The highest BCUT2D eigenvalue weighted by molar-refractivity contribution is 5.76. The normalized spacial score (nSPS) is 14.1. The molecule has 0 saturated carbocycles. The molecular weight excluding hydrogens is 272 g/mol. The van der Waals surface area contributed by atoms with E-state index in [0.29, 0.717) is 13.1 Å². The monoisotopic (exact) mass is 302 g/mol. The molecule has 2 atom stereocenters. The third kappa shape index (κ3) is 7.43. The maximum absolute atomic E-state index is 11.6. The minimum atomic E-state index is -0.295. The number of hydrogen-bond acceptors (Lipinski definition) is 6. The molecule has 6 heteroatoms. The lowest BCUT2D eigenvalue weighted by Crippen LogP contribution is -2.45. The van der Waals surface area contributed by atoms with E-state index in [0.717, 1.165) is 6.42 Å². The molecule has 0 rings (SSSR count). The number of carbonyl (C=O) groups excluding carboxylic acids is 2. The van der Waals surface area contributed by atoms with E-state index in [1.807, 2.05) is 27.7 Å². The zero-order valence-electron chi connectivity index (χ0n) is 14.1. The number of esters is 2. The average molecular weight is 302 g/mol. The van der Waals surface area contributed by atoms with E-state index in [4.69, 9.17) is 9.47 Å². The van der Waals surface area contributed by atoms with Crippen molar-refractivity contribution in [1.29, 1.82) is 0 Å². The van der Waals surface area contributed by atoms with Gasteiger partial charge in [-0.15, -0.1) is 0 Å². The summed E-state index contributed by atoms with van der Waals surface area (Å²) in [5.41, 5.74) is 0. The Morgan fingerprint density at radius 2 is 1.14 bits per heavy atom.